The van der Waals surface area contributed by atoms with Crippen LogP contribution in [0.4, 0.5) is 0 Å². The van der Waals surface area contributed by atoms with Crippen molar-refractivity contribution in [1.82, 2.24) is 59.8 Å². The van der Waals surface area contributed by atoms with Crippen molar-refractivity contribution in [2.45, 2.75) is 76.7 Å². The van der Waals surface area contributed by atoms with Gasteiger partial charge in [-0.05, 0) is 55.0 Å². The molecule has 0 unspecified atom stereocenters. The number of likely N-dealkylation sites (tertiary alicyclic amines) is 1. The van der Waals surface area contributed by atoms with Gasteiger partial charge in [0.15, 0.2) is 5.52 Å². The van der Waals surface area contributed by atoms with Crippen molar-refractivity contribution in [1.29, 1.82) is 0 Å². The molecule has 0 bridgehead atoms. The molecule has 6 N–H and O–H groups in total. The Bertz CT molecular complexity index is 3230. The lowest BCUT2D eigenvalue weighted by Crippen LogP contribution is -2.49. The number of aliphatic hydroxyl groups is 2. The lowest BCUT2D eigenvalue weighted by atomic mass is 9.90. The van der Waals surface area contributed by atoms with Gasteiger partial charge in [-0.2, -0.15) is 10.2 Å². The number of nitrogens with one attached hydrogen (secondary N) is 4. The number of piperidine rings is 1. The lowest BCUT2D eigenvalue weighted by molar-refractivity contribution is -0.136. The third kappa shape index (κ3) is 11.4. The second-order valence-electron chi connectivity index (χ2n) is 19.0. The number of aryl methyl sites for hydroxylation is 1. The van der Waals surface area contributed by atoms with Gasteiger partial charge in [-0.1, -0.05) is 84.7 Å². The van der Waals surface area contributed by atoms with Crippen molar-refractivity contribution >= 4 is 68.8 Å². The summed E-state index contributed by atoms with van der Waals surface area (Å²) in [7, 11) is 1.77. The molecule has 3 aromatic carbocycles. The van der Waals surface area contributed by atoms with Crippen LogP contribution in [-0.4, -0.2) is 129 Å². The lowest BCUT2D eigenvalue weighted by Gasteiger charge is -2.38. The third-order valence-corrected chi connectivity index (χ3v) is 14.7. The summed E-state index contributed by atoms with van der Waals surface area (Å²) in [6.45, 7) is 4.38. The van der Waals surface area contributed by atoms with Crippen LogP contribution in [0.25, 0.3) is 44.5 Å². The first-order valence-electron chi connectivity index (χ1n) is 24.4. The Hall–Kier alpha value is -6.90. The first kappa shape index (κ1) is 51.0. The fourth-order valence-corrected chi connectivity index (χ4v) is 10.2. The summed E-state index contributed by atoms with van der Waals surface area (Å²) in [6.07, 6.45) is 5.43. The molecule has 19 nitrogen and oxygen atoms in total. The zero-order chi connectivity index (χ0) is 51.4. The standard InChI is InChI=1S/C52H58Cl2N12O7/c1-32(34-7-4-3-5-8-34)23-43(70)63-21-15-52(73,16-22-63)30-65-31-58-48-49(51(65)72)61-62(2)50(48)35-11-9-33(10-12-35)25-55-17-6-18-56-41(68)26-57-42(69)28-66-20-14-40(60-66)36-24-38(53)46(54)47-45(36)37-27-64(44(71)29-67)19-13-39(37)59-47/h3-5,7-12,14,20,24,31-32,55,59,67,73H,6,13,15-19,21-23,25-30H2,1-2H3,(H,56,68)(H,57,69)/t32-/m1/s1. The van der Waals surface area contributed by atoms with Gasteiger partial charge in [0.25, 0.3) is 5.56 Å². The highest BCUT2D eigenvalue weighted by molar-refractivity contribution is 6.45. The second-order valence-corrected chi connectivity index (χ2v) is 19.8. The van der Waals surface area contributed by atoms with Crippen LogP contribution in [0.5, 0.6) is 0 Å². The normalized spacial score (nSPS) is 14.9. The maximum Gasteiger partial charge on any atom is 0.281 e. The molecule has 4 aromatic heterocycles. The number of halogens is 2. The maximum atomic E-state index is 13.7. The SMILES string of the molecule is C[C@H](CC(=O)N1CCC(O)(Cn2cnc3c(-c4ccc(CNCCCNC(=O)CNC(=O)Cn5ccc(-c6cc(Cl)c(Cl)c7[nH]c8c(c67)CN(C(=O)CO)CC8)n5)cc4)n(C)nc3c2=O)CC1)c1ccccc1. The number of rotatable bonds is 18. The summed E-state index contributed by atoms with van der Waals surface area (Å²) in [5.41, 5.74) is 6.50. The third-order valence-electron chi connectivity index (χ3n) is 13.9. The number of nitrogens with zero attached hydrogens (tertiary/aromatic N) is 8. The minimum Gasteiger partial charge on any atom is -0.388 e. The van der Waals surface area contributed by atoms with E-state index in [1.807, 2.05) is 61.5 Å². The van der Waals surface area contributed by atoms with Crippen molar-refractivity contribution in [2.24, 2.45) is 7.05 Å². The zero-order valence-corrected chi connectivity index (χ0v) is 42.2. The Morgan fingerprint density at radius 1 is 0.904 bits per heavy atom. The number of hydrogen-bond acceptors (Lipinski definition) is 11. The monoisotopic (exact) mass is 1030 g/mol. The average molecular weight is 1030 g/mol. The second kappa shape index (κ2) is 22.1. The Balaban J connectivity index is 0.698. The number of benzene rings is 3. The van der Waals surface area contributed by atoms with Crippen molar-refractivity contribution in [3.8, 4) is 22.5 Å². The minimum atomic E-state index is -1.17. The van der Waals surface area contributed by atoms with Crippen molar-refractivity contribution in [2.75, 3.05) is 45.9 Å². The molecule has 1 atom stereocenters. The van der Waals surface area contributed by atoms with Gasteiger partial charge in [0.05, 0.1) is 52.0 Å². The van der Waals surface area contributed by atoms with Crippen molar-refractivity contribution in [3.05, 3.63) is 122 Å². The van der Waals surface area contributed by atoms with E-state index in [0.29, 0.717) is 109 Å². The summed E-state index contributed by atoms with van der Waals surface area (Å²) >= 11 is 13.1. The molecule has 382 valence electrons. The van der Waals surface area contributed by atoms with E-state index in [9.17, 15) is 34.2 Å². The van der Waals surface area contributed by atoms with Crippen LogP contribution in [0, 0.1) is 0 Å². The van der Waals surface area contributed by atoms with Gasteiger partial charge in [0.2, 0.25) is 23.6 Å². The van der Waals surface area contributed by atoms with Gasteiger partial charge in [-0.25, -0.2) is 4.98 Å². The van der Waals surface area contributed by atoms with Crippen LogP contribution < -0.4 is 21.5 Å². The Morgan fingerprint density at radius 3 is 2.42 bits per heavy atom. The summed E-state index contributed by atoms with van der Waals surface area (Å²) in [6, 6.07) is 21.3. The molecular formula is C52H58Cl2N12O7. The molecule has 2 aliphatic heterocycles. The number of amides is 4. The number of carbonyl (C=O) groups excluding carboxylic acids is 4. The average Bonchev–Trinajstić information content (AvgIpc) is 4.12. The molecule has 1 fully saturated rings. The number of carbonyl (C=O) groups is 4. The van der Waals surface area contributed by atoms with E-state index in [1.54, 1.807) is 39.9 Å². The van der Waals surface area contributed by atoms with Gasteiger partial charge in [-0.3, -0.25) is 37.9 Å². The topological polar surface area (TPSA) is 238 Å². The van der Waals surface area contributed by atoms with E-state index in [4.69, 9.17) is 23.2 Å². The number of fused-ring (bicyclic) bond motifs is 4. The van der Waals surface area contributed by atoms with E-state index in [0.717, 1.165) is 33.3 Å². The van der Waals surface area contributed by atoms with E-state index >= 15 is 0 Å². The summed E-state index contributed by atoms with van der Waals surface area (Å²) in [5, 5.41) is 40.4. The molecule has 4 amide bonds. The van der Waals surface area contributed by atoms with Gasteiger partial charge < -0.3 is 40.9 Å². The van der Waals surface area contributed by atoms with Gasteiger partial charge in [0.1, 0.15) is 18.7 Å². The maximum absolute atomic E-state index is 13.7. The molecule has 9 rings (SSSR count). The number of aromatic nitrogens is 7. The quantitative estimate of drug-likeness (QED) is 0.0664. The molecule has 21 heteroatoms. The molecule has 2 aliphatic rings. The molecule has 1 saturated heterocycles. The summed E-state index contributed by atoms with van der Waals surface area (Å²) in [4.78, 5) is 75.9. The highest BCUT2D eigenvalue weighted by atomic mass is 35.5. The Labute approximate surface area is 430 Å². The molecule has 6 heterocycles. The van der Waals surface area contributed by atoms with Gasteiger partial charge >= 0.3 is 0 Å². The Morgan fingerprint density at radius 2 is 1.67 bits per heavy atom. The van der Waals surface area contributed by atoms with Crippen LogP contribution in [-0.2, 0) is 58.8 Å². The number of H-pyrrole nitrogens is 1. The fourth-order valence-electron chi connectivity index (χ4n) is 9.81. The van der Waals surface area contributed by atoms with Crippen LogP contribution >= 0.6 is 23.2 Å². The highest BCUT2D eigenvalue weighted by Crippen LogP contribution is 2.42. The largest absolute Gasteiger partial charge is 0.388 e. The van der Waals surface area contributed by atoms with E-state index in [-0.39, 0.29) is 60.9 Å². The number of aromatic amines is 1. The molecule has 0 spiro atoms. The molecule has 0 radical (unpaired) electrons. The van der Waals surface area contributed by atoms with Gasteiger partial charge in [-0.15, -0.1) is 0 Å². The number of aliphatic hydroxyl groups excluding tert-OH is 1. The van der Waals surface area contributed by atoms with Crippen molar-refractivity contribution < 1.29 is 29.4 Å². The molecular weight excluding hydrogens is 976 g/mol. The Kier molecular flexibility index (Phi) is 15.4. The zero-order valence-electron chi connectivity index (χ0n) is 40.7. The van der Waals surface area contributed by atoms with Crippen LogP contribution in [0.1, 0.15) is 60.9 Å². The predicted molar refractivity (Wildman–Crippen MR) is 277 cm³/mol. The van der Waals surface area contributed by atoms with Crippen LogP contribution in [0.2, 0.25) is 10.0 Å². The summed E-state index contributed by atoms with van der Waals surface area (Å²) in [5.74, 6) is -0.940. The minimum absolute atomic E-state index is 0.0518. The van der Waals surface area contributed by atoms with Gasteiger partial charge in [0, 0.05) is 93.1 Å². The van der Waals surface area contributed by atoms with E-state index < -0.39 is 18.1 Å². The molecule has 7 aromatic rings. The van der Waals surface area contributed by atoms with E-state index in [2.05, 4.69) is 36.1 Å². The fraction of sp³-hybridized carbons (Fsp3) is 0.385. The number of hydrogen-bond donors (Lipinski definition) is 6. The van der Waals surface area contributed by atoms with Crippen LogP contribution in [0.3, 0.4) is 0 Å². The first-order valence-corrected chi connectivity index (χ1v) is 25.2. The van der Waals surface area contributed by atoms with Crippen LogP contribution in [0.15, 0.2) is 84.0 Å². The van der Waals surface area contributed by atoms with E-state index in [1.165, 1.54) is 15.6 Å². The predicted octanol–water partition coefficient (Wildman–Crippen LogP) is 4.29. The molecule has 0 saturated carbocycles. The summed E-state index contributed by atoms with van der Waals surface area (Å²) < 4.78 is 4.53. The molecule has 73 heavy (non-hydrogen) atoms. The molecule has 0 aliphatic carbocycles. The first-order chi connectivity index (χ1) is 35.2. The smallest absolute Gasteiger partial charge is 0.281 e. The van der Waals surface area contributed by atoms with Crippen molar-refractivity contribution in [3.63, 3.8) is 0 Å². The highest BCUT2D eigenvalue weighted by Gasteiger charge is 2.35.